The minimum Gasteiger partial charge on any atom is -0.496 e. The van der Waals surface area contributed by atoms with Crippen LogP contribution in [0.5, 0.6) is 5.75 Å². The summed E-state index contributed by atoms with van der Waals surface area (Å²) in [5.41, 5.74) is 1.34. The molecular weight excluding hydrogens is 436 g/mol. The third-order valence-corrected chi connectivity index (χ3v) is 6.21. The molecule has 3 N–H and O–H groups in total. The molecular formula is C27H30O7. The number of aliphatic hydroxyl groups excluding tert-OH is 3. The fourth-order valence-corrected chi connectivity index (χ4v) is 4.46. The van der Waals surface area contributed by atoms with Crippen LogP contribution < -0.4 is 4.74 Å². The predicted octanol–water partition coefficient (Wildman–Crippen LogP) is 2.46. The highest BCUT2D eigenvalue weighted by Gasteiger charge is 2.46. The Labute approximate surface area is 199 Å². The molecule has 0 aromatic heterocycles. The number of hydrogen-bond donors (Lipinski definition) is 3. The van der Waals surface area contributed by atoms with E-state index < -0.39 is 36.3 Å². The number of ether oxygens (including phenoxy) is 4. The van der Waals surface area contributed by atoms with E-state index in [2.05, 4.69) is 0 Å². The van der Waals surface area contributed by atoms with E-state index in [4.69, 9.17) is 18.9 Å². The Hall–Kier alpha value is -2.78. The number of para-hydroxylation sites is 1. The lowest BCUT2D eigenvalue weighted by molar-refractivity contribution is -0.299. The molecule has 180 valence electrons. The van der Waals surface area contributed by atoms with Gasteiger partial charge in [0.15, 0.2) is 6.29 Å². The van der Waals surface area contributed by atoms with E-state index in [-0.39, 0.29) is 6.61 Å². The predicted molar refractivity (Wildman–Crippen MR) is 125 cm³/mol. The zero-order valence-electron chi connectivity index (χ0n) is 19.2. The molecule has 0 saturated carbocycles. The largest absolute Gasteiger partial charge is 0.496 e. The molecule has 1 aliphatic heterocycles. The van der Waals surface area contributed by atoms with Crippen LogP contribution in [0.1, 0.15) is 16.7 Å². The Bertz CT molecular complexity index is 1000. The van der Waals surface area contributed by atoms with Crippen LogP contribution in [0.4, 0.5) is 0 Å². The van der Waals surface area contributed by atoms with Gasteiger partial charge in [-0.3, -0.25) is 0 Å². The SMILES string of the molecule is COc1ccccc1C(OC[C@H]1O[C@H](OC)[C@@H](O)[C@@H](O)[C@@H]1O)(c1ccccc1)c1ccccc1. The van der Waals surface area contributed by atoms with E-state index in [9.17, 15) is 15.3 Å². The molecule has 0 aliphatic carbocycles. The van der Waals surface area contributed by atoms with Gasteiger partial charge in [0.2, 0.25) is 0 Å². The summed E-state index contributed by atoms with van der Waals surface area (Å²) >= 11 is 0. The van der Waals surface area contributed by atoms with Gasteiger partial charge in [0, 0.05) is 12.7 Å². The van der Waals surface area contributed by atoms with Gasteiger partial charge in [0.05, 0.1) is 13.7 Å². The van der Waals surface area contributed by atoms with Crippen molar-refractivity contribution in [1.82, 2.24) is 0 Å². The fourth-order valence-electron chi connectivity index (χ4n) is 4.46. The molecule has 7 nitrogen and oxygen atoms in total. The van der Waals surface area contributed by atoms with Gasteiger partial charge in [0.25, 0.3) is 0 Å². The monoisotopic (exact) mass is 466 g/mol. The van der Waals surface area contributed by atoms with E-state index in [0.717, 1.165) is 16.7 Å². The van der Waals surface area contributed by atoms with Crippen LogP contribution in [0.25, 0.3) is 0 Å². The summed E-state index contributed by atoms with van der Waals surface area (Å²) in [4.78, 5) is 0. The van der Waals surface area contributed by atoms with Crippen molar-refractivity contribution >= 4 is 0 Å². The van der Waals surface area contributed by atoms with Crippen molar-refractivity contribution < 1.29 is 34.3 Å². The molecule has 5 atom stereocenters. The molecule has 1 fully saturated rings. The topological polar surface area (TPSA) is 97.6 Å². The Morgan fingerprint density at radius 1 is 0.735 bits per heavy atom. The van der Waals surface area contributed by atoms with E-state index in [1.165, 1.54) is 7.11 Å². The first-order valence-corrected chi connectivity index (χ1v) is 11.1. The van der Waals surface area contributed by atoms with E-state index in [1.807, 2.05) is 84.9 Å². The van der Waals surface area contributed by atoms with Crippen LogP contribution in [0.2, 0.25) is 0 Å². The Morgan fingerprint density at radius 3 is 1.85 bits per heavy atom. The number of hydrogen-bond acceptors (Lipinski definition) is 7. The average molecular weight is 467 g/mol. The smallest absolute Gasteiger partial charge is 0.186 e. The van der Waals surface area contributed by atoms with Gasteiger partial charge in [-0.2, -0.15) is 0 Å². The van der Waals surface area contributed by atoms with E-state index in [1.54, 1.807) is 7.11 Å². The summed E-state index contributed by atoms with van der Waals surface area (Å²) in [6.07, 6.45) is -6.24. The van der Waals surface area contributed by atoms with Gasteiger partial charge in [-0.25, -0.2) is 0 Å². The lowest BCUT2D eigenvalue weighted by Crippen LogP contribution is -2.59. The molecule has 0 radical (unpaired) electrons. The Balaban J connectivity index is 1.83. The molecule has 1 heterocycles. The van der Waals surface area contributed by atoms with Crippen LogP contribution in [-0.2, 0) is 19.8 Å². The first-order chi connectivity index (χ1) is 16.5. The fraction of sp³-hybridized carbons (Fsp3) is 0.333. The van der Waals surface area contributed by atoms with Crippen molar-refractivity contribution in [3.63, 3.8) is 0 Å². The zero-order valence-corrected chi connectivity index (χ0v) is 19.2. The molecule has 7 heteroatoms. The molecule has 34 heavy (non-hydrogen) atoms. The molecule has 3 aromatic rings. The number of aliphatic hydroxyl groups is 3. The van der Waals surface area contributed by atoms with Gasteiger partial charge >= 0.3 is 0 Å². The van der Waals surface area contributed by atoms with Crippen LogP contribution in [0, 0.1) is 0 Å². The third kappa shape index (κ3) is 4.46. The molecule has 4 rings (SSSR count). The molecule has 0 amide bonds. The Kier molecular flexibility index (Phi) is 7.63. The first-order valence-electron chi connectivity index (χ1n) is 11.1. The maximum Gasteiger partial charge on any atom is 0.186 e. The summed E-state index contributed by atoms with van der Waals surface area (Å²) < 4.78 is 23.3. The molecule has 3 aromatic carbocycles. The average Bonchev–Trinajstić information content (AvgIpc) is 2.90. The van der Waals surface area contributed by atoms with Gasteiger partial charge < -0.3 is 34.3 Å². The van der Waals surface area contributed by atoms with Crippen LogP contribution in [-0.4, -0.2) is 66.9 Å². The Morgan fingerprint density at radius 2 is 1.29 bits per heavy atom. The quantitative estimate of drug-likeness (QED) is 0.439. The van der Waals surface area contributed by atoms with Gasteiger partial charge in [0.1, 0.15) is 35.8 Å². The highest BCUT2D eigenvalue weighted by atomic mass is 16.7. The summed E-state index contributed by atoms with van der Waals surface area (Å²) in [5, 5.41) is 31.1. The third-order valence-electron chi connectivity index (χ3n) is 6.21. The molecule has 0 unspecified atom stereocenters. The van der Waals surface area contributed by atoms with Crippen LogP contribution >= 0.6 is 0 Å². The molecule has 0 bridgehead atoms. The minimum atomic E-state index is -1.44. The second-order valence-corrected chi connectivity index (χ2v) is 8.17. The number of benzene rings is 3. The van der Waals surface area contributed by atoms with Crippen molar-refractivity contribution in [1.29, 1.82) is 0 Å². The molecule has 0 spiro atoms. The van der Waals surface area contributed by atoms with Crippen LogP contribution in [0.3, 0.4) is 0 Å². The minimum absolute atomic E-state index is 0.105. The van der Waals surface area contributed by atoms with Crippen molar-refractivity contribution in [2.75, 3.05) is 20.8 Å². The first kappa shape index (κ1) is 24.3. The standard InChI is InChI=1S/C27H30O7/c1-31-21-16-10-9-15-20(21)27(18-11-5-3-6-12-18,19-13-7-4-8-14-19)33-17-22-23(28)24(29)25(30)26(32-2)34-22/h3-16,22-26,28-30H,17H2,1-2H3/t22-,23-,24+,25+,26+/m1/s1. The second-order valence-electron chi connectivity index (χ2n) is 8.17. The summed E-state index contributed by atoms with van der Waals surface area (Å²) in [6.45, 7) is -0.105. The lowest BCUT2D eigenvalue weighted by Gasteiger charge is -2.42. The highest BCUT2D eigenvalue weighted by Crippen LogP contribution is 2.44. The van der Waals surface area contributed by atoms with Gasteiger partial charge in [-0.1, -0.05) is 78.9 Å². The van der Waals surface area contributed by atoms with Gasteiger partial charge in [-0.15, -0.1) is 0 Å². The second kappa shape index (κ2) is 10.7. The maximum absolute atomic E-state index is 10.6. The zero-order chi connectivity index (χ0) is 24.1. The summed E-state index contributed by atoms with van der Waals surface area (Å²) in [5.74, 6) is 0.630. The summed E-state index contributed by atoms with van der Waals surface area (Å²) in [7, 11) is 2.97. The normalized spacial score (nSPS) is 25.1. The van der Waals surface area contributed by atoms with E-state index in [0.29, 0.717) is 5.75 Å². The molecule has 1 aliphatic rings. The molecule has 1 saturated heterocycles. The number of methoxy groups -OCH3 is 2. The van der Waals surface area contributed by atoms with Crippen LogP contribution in [0.15, 0.2) is 84.9 Å². The van der Waals surface area contributed by atoms with Gasteiger partial charge in [-0.05, 0) is 17.2 Å². The summed E-state index contributed by atoms with van der Waals surface area (Å²) in [6, 6.07) is 27.0. The number of rotatable bonds is 8. The van der Waals surface area contributed by atoms with E-state index >= 15 is 0 Å². The highest BCUT2D eigenvalue weighted by molar-refractivity contribution is 5.52. The lowest BCUT2D eigenvalue weighted by atomic mass is 9.79. The van der Waals surface area contributed by atoms with Crippen molar-refractivity contribution in [2.45, 2.75) is 36.3 Å². The van der Waals surface area contributed by atoms with Crippen molar-refractivity contribution in [3.8, 4) is 5.75 Å². The van der Waals surface area contributed by atoms with Crippen molar-refractivity contribution in [3.05, 3.63) is 102 Å². The maximum atomic E-state index is 10.6. The van der Waals surface area contributed by atoms with Crippen molar-refractivity contribution in [2.24, 2.45) is 0 Å².